The first-order valence-corrected chi connectivity index (χ1v) is 18.6. The summed E-state index contributed by atoms with van der Waals surface area (Å²) in [5.74, 6) is -4.13. The molecule has 4 aromatic rings. The Labute approximate surface area is 330 Å². The third-order valence-electron chi connectivity index (χ3n) is 8.95. The second kappa shape index (κ2) is 21.3. The molecule has 0 bridgehead atoms. The highest BCUT2D eigenvalue weighted by atomic mass is 16.2. The van der Waals surface area contributed by atoms with Gasteiger partial charge in [-0.1, -0.05) is 62.4 Å². The van der Waals surface area contributed by atoms with Crippen molar-refractivity contribution in [2.75, 3.05) is 13.1 Å². The summed E-state index contributed by atoms with van der Waals surface area (Å²) >= 11 is 0. The summed E-state index contributed by atoms with van der Waals surface area (Å²) in [6.07, 6.45) is 5.43. The minimum Gasteiger partial charge on any atom is -0.370 e. The number of benzene rings is 2. The molecule has 0 saturated carbocycles. The Balaban J connectivity index is 1.43. The Bertz CT molecular complexity index is 2020. The Kier molecular flexibility index (Phi) is 16.1. The van der Waals surface area contributed by atoms with Gasteiger partial charge in [0.25, 0.3) is 5.91 Å². The van der Waals surface area contributed by atoms with E-state index < -0.39 is 66.2 Å². The molecule has 0 fully saturated rings. The van der Waals surface area contributed by atoms with E-state index in [0.717, 1.165) is 22.0 Å². The van der Waals surface area contributed by atoms with Crippen molar-refractivity contribution in [3.05, 3.63) is 102 Å². The Morgan fingerprint density at radius 3 is 2.14 bits per heavy atom. The van der Waals surface area contributed by atoms with Crippen LogP contribution in [0.1, 0.15) is 54.6 Å². The summed E-state index contributed by atoms with van der Waals surface area (Å²) < 4.78 is 0. The molecule has 0 spiro atoms. The van der Waals surface area contributed by atoms with E-state index in [1.54, 1.807) is 30.5 Å². The summed E-state index contributed by atoms with van der Waals surface area (Å²) in [5.41, 5.74) is 19.3. The van der Waals surface area contributed by atoms with E-state index >= 15 is 0 Å². The van der Waals surface area contributed by atoms with Crippen molar-refractivity contribution >= 4 is 52.3 Å². The zero-order valence-corrected chi connectivity index (χ0v) is 32.0. The van der Waals surface area contributed by atoms with Gasteiger partial charge in [-0.2, -0.15) is 0 Å². The van der Waals surface area contributed by atoms with Gasteiger partial charge in [-0.05, 0) is 54.5 Å². The van der Waals surface area contributed by atoms with Crippen molar-refractivity contribution in [2.45, 2.75) is 70.1 Å². The lowest BCUT2D eigenvalue weighted by Crippen LogP contribution is -2.57. The van der Waals surface area contributed by atoms with Crippen LogP contribution in [0.25, 0.3) is 10.9 Å². The van der Waals surface area contributed by atoms with E-state index in [2.05, 4.69) is 41.5 Å². The van der Waals surface area contributed by atoms with Crippen LogP contribution < -0.4 is 43.8 Å². The molecule has 302 valence electrons. The van der Waals surface area contributed by atoms with E-state index in [-0.39, 0.29) is 56.1 Å². The van der Waals surface area contributed by atoms with Crippen molar-refractivity contribution in [2.24, 2.45) is 28.1 Å². The standard InChI is InChI=1S/C40H51N11O6/c1-24(2)18-32(48-34(52)23-47-37(55)33(19-25-10-4-3-5-11-25)51-36(54)26-12-8-16-44-21-26)39(57)49-30(15-9-17-45-40(42)43)38(56)50-31(35(41)53)20-27-22-46-29-14-7-6-13-28(27)29/h3-8,10-14,16,21-22,24,30-33,46H,9,15,17-20,23H2,1-2H3,(H2,41,53)(H,47,55)(H,48,52)(H,49,57)(H,50,56)(H,51,54)(H4,42,43,45)/t30-,31-,32-,33-/m0/s1. The first kappa shape index (κ1) is 43.0. The zero-order chi connectivity index (χ0) is 41.3. The first-order chi connectivity index (χ1) is 27.3. The first-order valence-electron chi connectivity index (χ1n) is 18.6. The van der Waals surface area contributed by atoms with Gasteiger partial charge in [0.2, 0.25) is 29.5 Å². The lowest BCUT2D eigenvalue weighted by Gasteiger charge is -2.25. The third-order valence-corrected chi connectivity index (χ3v) is 8.95. The Morgan fingerprint density at radius 1 is 0.754 bits per heavy atom. The summed E-state index contributed by atoms with van der Waals surface area (Å²) in [7, 11) is 0. The molecule has 6 amide bonds. The number of amides is 6. The van der Waals surface area contributed by atoms with Crippen LogP contribution >= 0.6 is 0 Å². The summed E-state index contributed by atoms with van der Waals surface area (Å²) in [5, 5.41) is 14.2. The van der Waals surface area contributed by atoms with Crippen molar-refractivity contribution in [1.82, 2.24) is 36.6 Å². The number of aliphatic imine (C=N–C) groups is 1. The zero-order valence-electron chi connectivity index (χ0n) is 32.0. The molecule has 0 aliphatic carbocycles. The molecule has 2 heterocycles. The molecule has 17 nitrogen and oxygen atoms in total. The van der Waals surface area contributed by atoms with Gasteiger partial charge in [0.1, 0.15) is 24.2 Å². The largest absolute Gasteiger partial charge is 0.370 e. The minimum atomic E-state index is -1.16. The SMILES string of the molecule is CC(C)C[C@H](NC(=O)CNC(=O)[C@H](Cc1ccccc1)NC(=O)c1cccnc1)C(=O)N[C@@H](CCCN=C(N)N)C(=O)N[C@@H](Cc1c[nH]c2ccccc12)C(N)=O. The minimum absolute atomic E-state index is 0.0712. The molecular formula is C40H51N11O6. The number of hydrogen-bond donors (Lipinski definition) is 9. The van der Waals surface area contributed by atoms with E-state index in [1.165, 1.54) is 12.4 Å². The van der Waals surface area contributed by atoms with E-state index in [0.29, 0.717) is 0 Å². The van der Waals surface area contributed by atoms with Gasteiger partial charge in [0, 0.05) is 48.9 Å². The molecule has 0 saturated heterocycles. The van der Waals surface area contributed by atoms with Gasteiger partial charge in [-0.15, -0.1) is 0 Å². The molecule has 0 aliphatic rings. The van der Waals surface area contributed by atoms with Crippen molar-refractivity contribution < 1.29 is 28.8 Å². The number of nitrogens with zero attached hydrogens (tertiary/aromatic N) is 2. The smallest absolute Gasteiger partial charge is 0.253 e. The van der Waals surface area contributed by atoms with Gasteiger partial charge in [-0.3, -0.25) is 38.7 Å². The van der Waals surface area contributed by atoms with Crippen LogP contribution in [0.2, 0.25) is 0 Å². The average molecular weight is 782 g/mol. The van der Waals surface area contributed by atoms with Crippen LogP contribution in [-0.2, 0) is 36.8 Å². The van der Waals surface area contributed by atoms with Gasteiger partial charge < -0.3 is 48.8 Å². The third kappa shape index (κ3) is 13.8. The van der Waals surface area contributed by atoms with Gasteiger partial charge in [0.15, 0.2) is 5.96 Å². The Hall–Kier alpha value is -6.78. The summed E-state index contributed by atoms with van der Waals surface area (Å²) in [4.78, 5) is 90.7. The highest BCUT2D eigenvalue weighted by Gasteiger charge is 2.30. The number of rotatable bonds is 21. The molecular weight excluding hydrogens is 731 g/mol. The van der Waals surface area contributed by atoms with Crippen molar-refractivity contribution in [1.29, 1.82) is 0 Å². The number of primary amides is 1. The maximum absolute atomic E-state index is 13.8. The monoisotopic (exact) mass is 781 g/mol. The van der Waals surface area contributed by atoms with E-state index in [1.807, 2.05) is 56.3 Å². The molecule has 0 aliphatic heterocycles. The molecule has 2 aromatic heterocycles. The number of H-pyrrole nitrogens is 1. The number of nitrogens with one attached hydrogen (secondary N) is 6. The number of hydrogen-bond acceptors (Lipinski definition) is 8. The number of fused-ring (bicyclic) bond motifs is 1. The van der Waals surface area contributed by atoms with Crippen LogP contribution in [0.3, 0.4) is 0 Å². The number of pyridine rings is 1. The highest BCUT2D eigenvalue weighted by molar-refractivity contribution is 5.98. The van der Waals surface area contributed by atoms with Crippen LogP contribution in [0.15, 0.2) is 90.3 Å². The number of carbonyl (C=O) groups is 6. The normalized spacial score (nSPS) is 13.0. The maximum atomic E-state index is 13.8. The second-order valence-electron chi connectivity index (χ2n) is 14.0. The fourth-order valence-electron chi connectivity index (χ4n) is 6.10. The molecule has 0 radical (unpaired) electrons. The van der Waals surface area contributed by atoms with Crippen LogP contribution in [0.4, 0.5) is 0 Å². The number of aromatic amines is 1. The molecule has 4 rings (SSSR count). The summed E-state index contributed by atoms with van der Waals surface area (Å²) in [6.45, 7) is 3.37. The molecule has 4 atom stereocenters. The quantitative estimate of drug-likeness (QED) is 0.0319. The molecule has 12 N–H and O–H groups in total. The number of nitrogens with two attached hydrogens (primary N) is 3. The number of para-hydroxylation sites is 1. The predicted octanol–water partition coefficient (Wildman–Crippen LogP) is 0.302. The molecule has 0 unspecified atom stereocenters. The Morgan fingerprint density at radius 2 is 1.46 bits per heavy atom. The number of aromatic nitrogens is 2. The molecule has 2 aromatic carbocycles. The van der Waals surface area contributed by atoms with Gasteiger partial charge in [-0.25, -0.2) is 0 Å². The number of carbonyl (C=O) groups excluding carboxylic acids is 6. The predicted molar refractivity (Wildman–Crippen MR) is 215 cm³/mol. The van der Waals surface area contributed by atoms with Crippen LogP contribution in [-0.4, -0.2) is 88.6 Å². The van der Waals surface area contributed by atoms with E-state index in [9.17, 15) is 28.8 Å². The second-order valence-corrected chi connectivity index (χ2v) is 14.0. The topological polar surface area (TPSA) is 282 Å². The summed E-state index contributed by atoms with van der Waals surface area (Å²) in [6, 6.07) is 15.3. The van der Waals surface area contributed by atoms with Crippen LogP contribution in [0, 0.1) is 5.92 Å². The van der Waals surface area contributed by atoms with Crippen molar-refractivity contribution in [3.63, 3.8) is 0 Å². The van der Waals surface area contributed by atoms with Gasteiger partial charge in [0.05, 0.1) is 12.1 Å². The molecule has 57 heavy (non-hydrogen) atoms. The van der Waals surface area contributed by atoms with Crippen molar-refractivity contribution in [3.8, 4) is 0 Å². The van der Waals surface area contributed by atoms with E-state index in [4.69, 9.17) is 17.2 Å². The van der Waals surface area contributed by atoms with Crippen LogP contribution in [0.5, 0.6) is 0 Å². The average Bonchev–Trinajstić information content (AvgIpc) is 3.60. The maximum Gasteiger partial charge on any atom is 0.253 e. The lowest BCUT2D eigenvalue weighted by atomic mass is 10.0. The fourth-order valence-corrected chi connectivity index (χ4v) is 6.10. The lowest BCUT2D eigenvalue weighted by molar-refractivity contribution is -0.133. The van der Waals surface area contributed by atoms with Gasteiger partial charge >= 0.3 is 0 Å². The molecule has 17 heteroatoms. The fraction of sp³-hybridized carbons (Fsp3) is 0.350. The highest BCUT2D eigenvalue weighted by Crippen LogP contribution is 2.19. The number of guanidine groups is 1.